The van der Waals surface area contributed by atoms with Crippen molar-refractivity contribution in [2.24, 2.45) is 11.8 Å². The number of nitrogens with one attached hydrogen (secondary N) is 1. The third-order valence-corrected chi connectivity index (χ3v) is 5.09. The minimum absolute atomic E-state index is 0.168. The van der Waals surface area contributed by atoms with Gasteiger partial charge in [-0.1, -0.05) is 44.4 Å². The molecular weight excluding hydrogens is 318 g/mol. The van der Waals surface area contributed by atoms with Gasteiger partial charge in [0.2, 0.25) is 0 Å². The van der Waals surface area contributed by atoms with Gasteiger partial charge in [-0.15, -0.1) is 0 Å². The smallest absolute Gasteiger partial charge is 0.344 e. The molecule has 1 amide bonds. The second-order valence-corrected chi connectivity index (χ2v) is 7.16. The summed E-state index contributed by atoms with van der Waals surface area (Å²) >= 11 is 0. The highest BCUT2D eigenvalue weighted by Gasteiger charge is 2.28. The van der Waals surface area contributed by atoms with E-state index in [0.717, 1.165) is 24.0 Å². The predicted molar refractivity (Wildman–Crippen MR) is 96.5 cm³/mol. The Morgan fingerprint density at radius 1 is 1.16 bits per heavy atom. The molecule has 1 aromatic rings. The molecule has 1 N–H and O–H groups in total. The first-order valence-corrected chi connectivity index (χ1v) is 9.02. The van der Waals surface area contributed by atoms with Crippen molar-refractivity contribution in [1.29, 1.82) is 0 Å². The topological polar surface area (TPSA) is 64.6 Å². The molecular formula is C20H29NO4. The molecule has 5 heteroatoms. The number of rotatable bonds is 6. The fourth-order valence-electron chi connectivity index (χ4n) is 3.32. The summed E-state index contributed by atoms with van der Waals surface area (Å²) in [7, 11) is 0. The zero-order chi connectivity index (χ0) is 18.4. The maximum atomic E-state index is 12.0. The van der Waals surface area contributed by atoms with Gasteiger partial charge < -0.3 is 14.8 Å². The van der Waals surface area contributed by atoms with E-state index in [4.69, 9.17) is 9.47 Å². The summed E-state index contributed by atoms with van der Waals surface area (Å²) in [5.41, 5.74) is 2.10. The molecule has 0 aromatic heterocycles. The van der Waals surface area contributed by atoms with Gasteiger partial charge in [0.05, 0.1) is 0 Å². The van der Waals surface area contributed by atoms with Crippen LogP contribution in [0.15, 0.2) is 18.2 Å². The fourth-order valence-corrected chi connectivity index (χ4v) is 3.32. The number of ether oxygens (including phenoxy) is 2. The van der Waals surface area contributed by atoms with Crippen LogP contribution in [-0.2, 0) is 14.3 Å². The second kappa shape index (κ2) is 8.88. The minimum Gasteiger partial charge on any atom is -0.482 e. The van der Waals surface area contributed by atoms with E-state index in [1.807, 2.05) is 32.0 Å². The van der Waals surface area contributed by atoms with Gasteiger partial charge in [0.1, 0.15) is 5.75 Å². The molecule has 0 radical (unpaired) electrons. The summed E-state index contributed by atoms with van der Waals surface area (Å²) in [6, 6.07) is 5.91. The summed E-state index contributed by atoms with van der Waals surface area (Å²) in [5, 5.41) is 2.99. The van der Waals surface area contributed by atoms with Crippen LogP contribution in [0.5, 0.6) is 5.75 Å². The van der Waals surface area contributed by atoms with E-state index in [1.54, 1.807) is 0 Å². The zero-order valence-electron chi connectivity index (χ0n) is 15.6. The van der Waals surface area contributed by atoms with E-state index in [-0.39, 0.29) is 25.2 Å². The second-order valence-electron chi connectivity index (χ2n) is 7.16. The largest absolute Gasteiger partial charge is 0.482 e. The van der Waals surface area contributed by atoms with Crippen molar-refractivity contribution < 1.29 is 19.1 Å². The zero-order valence-corrected chi connectivity index (χ0v) is 15.6. The molecule has 5 nitrogen and oxygen atoms in total. The molecule has 0 saturated heterocycles. The number of carbonyl (C=O) groups excluding carboxylic acids is 2. The van der Waals surface area contributed by atoms with Crippen molar-refractivity contribution in [3.63, 3.8) is 0 Å². The summed E-state index contributed by atoms with van der Waals surface area (Å²) in [5.74, 6) is 0.914. The number of carbonyl (C=O) groups is 2. The van der Waals surface area contributed by atoms with Crippen LogP contribution in [0, 0.1) is 25.7 Å². The molecule has 138 valence electrons. The van der Waals surface area contributed by atoms with Crippen molar-refractivity contribution in [1.82, 2.24) is 5.32 Å². The van der Waals surface area contributed by atoms with Gasteiger partial charge in [0, 0.05) is 6.04 Å². The molecule has 0 heterocycles. The molecule has 0 bridgehead atoms. The lowest BCUT2D eigenvalue weighted by Gasteiger charge is -2.34. The van der Waals surface area contributed by atoms with Crippen LogP contribution in [0.3, 0.4) is 0 Å². The molecule has 0 aliphatic heterocycles. The Bertz CT molecular complexity index is 614. The highest BCUT2D eigenvalue weighted by atomic mass is 16.6. The highest BCUT2D eigenvalue weighted by Crippen LogP contribution is 2.29. The van der Waals surface area contributed by atoms with E-state index >= 15 is 0 Å². The van der Waals surface area contributed by atoms with E-state index in [0.29, 0.717) is 17.6 Å². The molecule has 1 aromatic carbocycles. The van der Waals surface area contributed by atoms with Crippen molar-refractivity contribution in [3.8, 4) is 5.75 Å². The van der Waals surface area contributed by atoms with Gasteiger partial charge in [-0.25, -0.2) is 4.79 Å². The van der Waals surface area contributed by atoms with E-state index in [1.165, 1.54) is 6.42 Å². The Hall–Kier alpha value is -2.04. The third kappa shape index (κ3) is 5.76. The lowest BCUT2D eigenvalue weighted by Crippen LogP contribution is -2.45. The molecule has 1 saturated carbocycles. The van der Waals surface area contributed by atoms with Crippen molar-refractivity contribution >= 4 is 11.9 Å². The monoisotopic (exact) mass is 347 g/mol. The summed E-state index contributed by atoms with van der Waals surface area (Å²) in [4.78, 5) is 23.8. The number of hydrogen-bond donors (Lipinski definition) is 1. The normalized spacial score (nSPS) is 23.0. The van der Waals surface area contributed by atoms with Crippen LogP contribution in [0.25, 0.3) is 0 Å². The standard InChI is InChI=1S/C20H29NO4/c1-13-8-9-18(15(3)10-13)24-12-20(23)25-11-19(22)21-17-7-5-6-14(2)16(17)4/h8-10,14,16-17H,5-7,11-12H2,1-4H3,(H,21,22)/t14-,16+,17+/m1/s1. The molecule has 1 aliphatic carbocycles. The van der Waals surface area contributed by atoms with Crippen LogP contribution in [0.4, 0.5) is 0 Å². The van der Waals surface area contributed by atoms with Crippen molar-refractivity contribution in [2.45, 2.75) is 53.0 Å². The van der Waals surface area contributed by atoms with Crippen LogP contribution in [0.1, 0.15) is 44.2 Å². The quantitative estimate of drug-likeness (QED) is 0.803. The Morgan fingerprint density at radius 2 is 1.92 bits per heavy atom. The summed E-state index contributed by atoms with van der Waals surface area (Å²) in [6.07, 6.45) is 3.32. The SMILES string of the molecule is Cc1ccc(OCC(=O)OCC(=O)N[C@H]2CCC[C@@H](C)[C@@H]2C)c(C)c1. The molecule has 1 fully saturated rings. The average Bonchev–Trinajstić information content (AvgIpc) is 2.56. The summed E-state index contributed by atoms with van der Waals surface area (Å²) in [6.45, 7) is 7.84. The maximum absolute atomic E-state index is 12.0. The Labute approximate surface area is 150 Å². The number of amides is 1. The minimum atomic E-state index is -0.541. The van der Waals surface area contributed by atoms with E-state index in [9.17, 15) is 9.59 Å². The van der Waals surface area contributed by atoms with Gasteiger partial charge in [0.15, 0.2) is 13.2 Å². The average molecular weight is 347 g/mol. The molecule has 3 atom stereocenters. The number of benzene rings is 1. The molecule has 0 spiro atoms. The highest BCUT2D eigenvalue weighted by molar-refractivity contribution is 5.81. The van der Waals surface area contributed by atoms with Gasteiger partial charge >= 0.3 is 5.97 Å². The lowest BCUT2D eigenvalue weighted by atomic mass is 9.78. The molecule has 2 rings (SSSR count). The molecule has 1 aliphatic rings. The van der Waals surface area contributed by atoms with E-state index in [2.05, 4.69) is 19.2 Å². The van der Waals surface area contributed by atoms with Crippen LogP contribution in [0.2, 0.25) is 0 Å². The Balaban J connectivity index is 1.71. The predicted octanol–water partition coefficient (Wildman–Crippen LogP) is 3.17. The number of aryl methyl sites for hydroxylation is 2. The molecule has 25 heavy (non-hydrogen) atoms. The van der Waals surface area contributed by atoms with Gasteiger partial charge in [0.25, 0.3) is 5.91 Å². The Kier molecular flexibility index (Phi) is 6.85. The van der Waals surface area contributed by atoms with Crippen LogP contribution < -0.4 is 10.1 Å². The van der Waals surface area contributed by atoms with Crippen LogP contribution >= 0.6 is 0 Å². The number of hydrogen-bond acceptors (Lipinski definition) is 4. The fraction of sp³-hybridized carbons (Fsp3) is 0.600. The van der Waals surface area contributed by atoms with Crippen LogP contribution in [-0.4, -0.2) is 31.1 Å². The number of esters is 1. The summed E-state index contributed by atoms with van der Waals surface area (Å²) < 4.78 is 10.5. The lowest BCUT2D eigenvalue weighted by molar-refractivity contribution is -0.150. The third-order valence-electron chi connectivity index (χ3n) is 5.09. The van der Waals surface area contributed by atoms with Crippen molar-refractivity contribution in [2.75, 3.05) is 13.2 Å². The van der Waals surface area contributed by atoms with E-state index < -0.39 is 5.97 Å². The Morgan fingerprint density at radius 3 is 2.64 bits per heavy atom. The first kappa shape index (κ1) is 19.3. The van der Waals surface area contributed by atoms with Gasteiger partial charge in [-0.05, 0) is 43.7 Å². The first-order valence-electron chi connectivity index (χ1n) is 9.02. The van der Waals surface area contributed by atoms with Crippen molar-refractivity contribution in [3.05, 3.63) is 29.3 Å². The molecule has 0 unspecified atom stereocenters. The van der Waals surface area contributed by atoms with Gasteiger partial charge in [-0.2, -0.15) is 0 Å². The first-order chi connectivity index (χ1) is 11.9. The maximum Gasteiger partial charge on any atom is 0.344 e. The van der Waals surface area contributed by atoms with Gasteiger partial charge in [-0.3, -0.25) is 4.79 Å².